The number of likely N-dealkylation sites (tertiary alicyclic amines) is 1. The molecule has 1 amide bonds. The molecule has 0 radical (unpaired) electrons. The molecule has 0 bridgehead atoms. The Kier molecular flexibility index (Phi) is 6.82. The molecule has 2 aromatic carbocycles. The molecule has 0 spiro atoms. The molecule has 4 rings (SSSR count). The van der Waals surface area contributed by atoms with Gasteiger partial charge in [0.05, 0.1) is 19.1 Å². The second kappa shape index (κ2) is 9.80. The third kappa shape index (κ3) is 5.53. The van der Waals surface area contributed by atoms with Crippen molar-refractivity contribution < 1.29 is 28.1 Å². The summed E-state index contributed by atoms with van der Waals surface area (Å²) in [4.78, 5) is 14.4. The summed E-state index contributed by atoms with van der Waals surface area (Å²) in [6, 6.07) is 12.4. The Hall–Kier alpha value is -3.47. The molecule has 0 aromatic heterocycles. The quantitative estimate of drug-likeness (QED) is 0.612. The van der Waals surface area contributed by atoms with Crippen molar-refractivity contribution >= 4 is 6.09 Å². The van der Waals surface area contributed by atoms with E-state index in [0.29, 0.717) is 48.9 Å². The predicted molar refractivity (Wildman–Crippen MR) is 122 cm³/mol. The zero-order chi connectivity index (χ0) is 24.3. The largest absolute Gasteiger partial charge is 0.493 e. The van der Waals surface area contributed by atoms with E-state index in [1.807, 2.05) is 32.9 Å². The first kappa shape index (κ1) is 23.7. The van der Waals surface area contributed by atoms with Crippen LogP contribution in [0.15, 0.2) is 36.4 Å². The van der Waals surface area contributed by atoms with Crippen molar-refractivity contribution in [2.45, 2.75) is 45.1 Å². The summed E-state index contributed by atoms with van der Waals surface area (Å²) in [6.45, 7) is 7.01. The zero-order valence-corrected chi connectivity index (χ0v) is 19.7. The van der Waals surface area contributed by atoms with Gasteiger partial charge >= 0.3 is 6.09 Å². The van der Waals surface area contributed by atoms with Crippen molar-refractivity contribution in [2.24, 2.45) is 5.92 Å². The highest BCUT2D eigenvalue weighted by atomic mass is 19.1. The van der Waals surface area contributed by atoms with Crippen molar-refractivity contribution in [1.82, 2.24) is 4.90 Å². The number of ether oxygens (including phenoxy) is 4. The van der Waals surface area contributed by atoms with Gasteiger partial charge in [0.15, 0.2) is 11.5 Å². The van der Waals surface area contributed by atoms with Gasteiger partial charge in [0.25, 0.3) is 0 Å². The first-order chi connectivity index (χ1) is 16.2. The zero-order valence-electron chi connectivity index (χ0n) is 19.7. The minimum Gasteiger partial charge on any atom is -0.493 e. The molecular formula is C26H29FN2O5. The fraction of sp³-hybridized carbons (Fsp3) is 0.462. The van der Waals surface area contributed by atoms with Crippen LogP contribution in [0.1, 0.15) is 44.2 Å². The van der Waals surface area contributed by atoms with E-state index in [2.05, 4.69) is 0 Å². The van der Waals surface area contributed by atoms with E-state index >= 15 is 0 Å². The number of piperidine rings is 1. The number of hydrogen-bond acceptors (Lipinski definition) is 6. The lowest BCUT2D eigenvalue weighted by atomic mass is 9.80. The SMILES string of the molecule is CC(C)(C)OC(=O)N1CC[C@@H](c2ccc(F)c(CC#N)c2)[C@H](COc2ccc3c(c2)OCO3)C1. The van der Waals surface area contributed by atoms with Gasteiger partial charge in [0.1, 0.15) is 17.2 Å². The van der Waals surface area contributed by atoms with Crippen LogP contribution in [-0.2, 0) is 11.2 Å². The van der Waals surface area contributed by atoms with Crippen molar-refractivity contribution in [3.63, 3.8) is 0 Å². The van der Waals surface area contributed by atoms with E-state index in [1.54, 1.807) is 29.2 Å². The summed E-state index contributed by atoms with van der Waals surface area (Å²) in [5.74, 6) is 1.53. The molecule has 0 aliphatic carbocycles. The molecule has 2 heterocycles. The third-order valence-corrected chi connectivity index (χ3v) is 5.96. The lowest BCUT2D eigenvalue weighted by molar-refractivity contribution is 0.0111. The summed E-state index contributed by atoms with van der Waals surface area (Å²) in [6.07, 6.45) is 0.323. The molecule has 2 aliphatic rings. The number of carbonyl (C=O) groups is 1. The molecule has 1 saturated heterocycles. The Morgan fingerprint density at radius 2 is 2.00 bits per heavy atom. The molecule has 2 aliphatic heterocycles. The van der Waals surface area contributed by atoms with Gasteiger partial charge in [0.2, 0.25) is 6.79 Å². The van der Waals surface area contributed by atoms with Gasteiger partial charge in [-0.3, -0.25) is 0 Å². The minimum absolute atomic E-state index is 0.00872. The number of fused-ring (bicyclic) bond motifs is 1. The number of carbonyl (C=O) groups excluding carboxylic acids is 1. The van der Waals surface area contributed by atoms with Gasteiger partial charge < -0.3 is 23.8 Å². The van der Waals surface area contributed by atoms with Crippen LogP contribution < -0.4 is 14.2 Å². The van der Waals surface area contributed by atoms with E-state index in [1.165, 1.54) is 6.07 Å². The van der Waals surface area contributed by atoms with Gasteiger partial charge in [-0.15, -0.1) is 0 Å². The van der Waals surface area contributed by atoms with Crippen LogP contribution in [0.25, 0.3) is 0 Å². The van der Waals surface area contributed by atoms with Crippen LogP contribution in [0.4, 0.5) is 9.18 Å². The highest BCUT2D eigenvalue weighted by Crippen LogP contribution is 2.37. The van der Waals surface area contributed by atoms with Gasteiger partial charge in [-0.05, 0) is 56.9 Å². The first-order valence-corrected chi connectivity index (χ1v) is 11.4. The smallest absolute Gasteiger partial charge is 0.410 e. The third-order valence-electron chi connectivity index (χ3n) is 5.96. The Labute approximate surface area is 199 Å². The summed E-state index contributed by atoms with van der Waals surface area (Å²) in [5.41, 5.74) is 0.732. The Bertz CT molecular complexity index is 1090. The molecule has 180 valence electrons. The summed E-state index contributed by atoms with van der Waals surface area (Å²) >= 11 is 0. The number of hydrogen-bond donors (Lipinski definition) is 0. The number of halogens is 1. The van der Waals surface area contributed by atoms with Crippen molar-refractivity contribution in [2.75, 3.05) is 26.5 Å². The molecule has 7 nitrogen and oxygen atoms in total. The summed E-state index contributed by atoms with van der Waals surface area (Å²) < 4.78 is 36.6. The summed E-state index contributed by atoms with van der Waals surface area (Å²) in [5, 5.41) is 9.05. The molecule has 2 aromatic rings. The standard InChI is InChI=1S/C26H29FN2O5/c1-26(2,3)34-25(30)29-11-9-21(17-4-6-22(27)18(12-17)8-10-28)19(14-29)15-31-20-5-7-23-24(13-20)33-16-32-23/h4-7,12-13,19,21H,8-9,11,14-16H2,1-3H3/t19-,21-/m0/s1. The lowest BCUT2D eigenvalue weighted by Gasteiger charge is -2.39. The Morgan fingerprint density at radius 1 is 1.21 bits per heavy atom. The molecule has 34 heavy (non-hydrogen) atoms. The van der Waals surface area contributed by atoms with Gasteiger partial charge in [0, 0.05) is 30.6 Å². The van der Waals surface area contributed by atoms with Crippen LogP contribution in [0.3, 0.4) is 0 Å². The molecule has 1 fully saturated rings. The Morgan fingerprint density at radius 3 is 2.76 bits per heavy atom. The minimum atomic E-state index is -0.588. The molecule has 0 unspecified atom stereocenters. The van der Waals surface area contributed by atoms with Crippen molar-refractivity contribution in [3.8, 4) is 23.3 Å². The van der Waals surface area contributed by atoms with Crippen LogP contribution in [0, 0.1) is 23.1 Å². The van der Waals surface area contributed by atoms with Crippen LogP contribution in [0.2, 0.25) is 0 Å². The van der Waals surface area contributed by atoms with Crippen molar-refractivity contribution in [3.05, 3.63) is 53.3 Å². The van der Waals surface area contributed by atoms with Gasteiger partial charge in [-0.2, -0.15) is 5.26 Å². The predicted octanol–water partition coefficient (Wildman–Crippen LogP) is 5.04. The fourth-order valence-electron chi connectivity index (χ4n) is 4.35. The number of nitriles is 1. The monoisotopic (exact) mass is 468 g/mol. The van der Waals surface area contributed by atoms with Crippen LogP contribution in [0.5, 0.6) is 17.2 Å². The van der Waals surface area contributed by atoms with Gasteiger partial charge in [-0.25, -0.2) is 9.18 Å². The summed E-state index contributed by atoms with van der Waals surface area (Å²) in [7, 11) is 0. The second-order valence-electron chi connectivity index (χ2n) is 9.59. The topological polar surface area (TPSA) is 81.0 Å². The van der Waals surface area contributed by atoms with E-state index in [0.717, 1.165) is 5.56 Å². The molecule has 2 atom stereocenters. The van der Waals surface area contributed by atoms with Crippen molar-refractivity contribution in [1.29, 1.82) is 5.26 Å². The number of nitrogens with zero attached hydrogens (tertiary/aromatic N) is 2. The number of rotatable bonds is 5. The average molecular weight is 469 g/mol. The first-order valence-electron chi connectivity index (χ1n) is 11.4. The number of benzene rings is 2. The maximum Gasteiger partial charge on any atom is 0.410 e. The maximum atomic E-state index is 14.2. The average Bonchev–Trinajstić information content (AvgIpc) is 3.26. The molecule has 0 N–H and O–H groups in total. The van der Waals surface area contributed by atoms with Gasteiger partial charge in [-0.1, -0.05) is 12.1 Å². The van der Waals surface area contributed by atoms with E-state index in [4.69, 9.17) is 24.2 Å². The lowest BCUT2D eigenvalue weighted by Crippen LogP contribution is -2.46. The van der Waals surface area contributed by atoms with E-state index in [9.17, 15) is 9.18 Å². The van der Waals surface area contributed by atoms with E-state index < -0.39 is 5.60 Å². The molecule has 8 heteroatoms. The number of amides is 1. The second-order valence-corrected chi connectivity index (χ2v) is 9.59. The normalized spacial score (nSPS) is 19.4. The molecular weight excluding hydrogens is 439 g/mol. The maximum absolute atomic E-state index is 14.2. The molecule has 0 saturated carbocycles. The van der Waals surface area contributed by atoms with Crippen LogP contribution >= 0.6 is 0 Å². The highest BCUT2D eigenvalue weighted by Gasteiger charge is 2.35. The van der Waals surface area contributed by atoms with Crippen LogP contribution in [-0.4, -0.2) is 43.1 Å². The Balaban J connectivity index is 1.54. The van der Waals surface area contributed by atoms with E-state index in [-0.39, 0.29) is 37.0 Å². The highest BCUT2D eigenvalue weighted by molar-refractivity contribution is 5.68. The fourth-order valence-corrected chi connectivity index (χ4v) is 4.35.